The predicted octanol–water partition coefficient (Wildman–Crippen LogP) is 1.86. The van der Waals surface area contributed by atoms with E-state index in [1.165, 1.54) is 0 Å². The smallest absolute Gasteiger partial charge is 0.333 e. The maximum atomic E-state index is 11.3. The Bertz CT molecular complexity index is 500. The van der Waals surface area contributed by atoms with Gasteiger partial charge in [0.25, 0.3) is 0 Å². The summed E-state index contributed by atoms with van der Waals surface area (Å²) in [4.78, 5) is 12.8. The van der Waals surface area contributed by atoms with Crippen molar-refractivity contribution in [3.63, 3.8) is 0 Å². The van der Waals surface area contributed by atoms with Gasteiger partial charge in [0.05, 0.1) is 17.1 Å². The van der Waals surface area contributed by atoms with Crippen LogP contribution in [0.4, 0.5) is 11.5 Å². The topological polar surface area (TPSA) is 84.4 Å². The minimum atomic E-state index is -0.436. The van der Waals surface area contributed by atoms with Crippen molar-refractivity contribution in [2.24, 2.45) is 0 Å². The molecule has 1 aromatic heterocycles. The first-order valence-corrected chi connectivity index (χ1v) is 7.10. The van der Waals surface area contributed by atoms with Crippen LogP contribution in [-0.2, 0) is 6.54 Å². The van der Waals surface area contributed by atoms with E-state index in [2.05, 4.69) is 5.10 Å². The van der Waals surface area contributed by atoms with Gasteiger partial charge in [-0.2, -0.15) is 5.10 Å². The average molecular weight is 282 g/mol. The van der Waals surface area contributed by atoms with E-state index < -0.39 is 6.10 Å². The second-order valence-corrected chi connectivity index (χ2v) is 5.36. The van der Waals surface area contributed by atoms with E-state index in [0.29, 0.717) is 18.1 Å². The fourth-order valence-electron chi connectivity index (χ4n) is 3.04. The van der Waals surface area contributed by atoms with Crippen LogP contribution in [0.3, 0.4) is 0 Å². The molecule has 1 N–H and O–H groups in total. The van der Waals surface area contributed by atoms with E-state index in [4.69, 9.17) is 0 Å². The van der Waals surface area contributed by atoms with Gasteiger partial charge in [-0.05, 0) is 26.7 Å². The van der Waals surface area contributed by atoms with Gasteiger partial charge in [-0.25, -0.2) is 4.68 Å². The Morgan fingerprint density at radius 1 is 1.50 bits per heavy atom. The van der Waals surface area contributed by atoms with E-state index in [0.717, 1.165) is 25.7 Å². The molecule has 7 nitrogen and oxygen atoms in total. The number of nitrogens with zero attached hydrogens (tertiary/aromatic N) is 4. The molecule has 1 aliphatic carbocycles. The Balaban J connectivity index is 2.41. The number of hydrogen-bond acceptors (Lipinski definition) is 5. The van der Waals surface area contributed by atoms with Crippen LogP contribution in [0, 0.1) is 17.0 Å². The normalized spacial score (nSPS) is 22.8. The van der Waals surface area contributed by atoms with Gasteiger partial charge in [0.15, 0.2) is 0 Å². The van der Waals surface area contributed by atoms with Crippen molar-refractivity contribution in [2.45, 2.75) is 58.2 Å². The molecule has 1 saturated carbocycles. The van der Waals surface area contributed by atoms with Gasteiger partial charge in [0.2, 0.25) is 5.82 Å². The molecule has 0 bridgehead atoms. The summed E-state index contributed by atoms with van der Waals surface area (Å²) < 4.78 is 1.65. The molecule has 112 valence electrons. The zero-order valence-corrected chi connectivity index (χ0v) is 12.2. The monoisotopic (exact) mass is 282 g/mol. The van der Waals surface area contributed by atoms with Gasteiger partial charge < -0.3 is 10.0 Å². The Morgan fingerprint density at radius 3 is 2.70 bits per heavy atom. The SMILES string of the molecule is CCn1nc(C)c([N+](=O)[O-])c1N(C)C1CCCCC1O. The fraction of sp³-hybridized carbons (Fsp3) is 0.769. The van der Waals surface area contributed by atoms with Crippen molar-refractivity contribution < 1.29 is 10.0 Å². The molecule has 2 rings (SSSR count). The molecular formula is C13H22N4O3. The number of rotatable bonds is 4. The van der Waals surface area contributed by atoms with Crippen LogP contribution in [0.1, 0.15) is 38.3 Å². The molecule has 20 heavy (non-hydrogen) atoms. The molecule has 0 aliphatic heterocycles. The lowest BCUT2D eigenvalue weighted by Gasteiger charge is -2.36. The Hall–Kier alpha value is -1.63. The molecule has 1 fully saturated rings. The summed E-state index contributed by atoms with van der Waals surface area (Å²) in [5, 5.41) is 25.7. The summed E-state index contributed by atoms with van der Waals surface area (Å²) in [7, 11) is 1.81. The largest absolute Gasteiger partial charge is 0.391 e. The molecule has 0 spiro atoms. The van der Waals surface area contributed by atoms with Gasteiger partial charge in [0.1, 0.15) is 5.69 Å². The number of likely N-dealkylation sites (N-methyl/N-ethyl adjacent to an activating group) is 1. The third-order valence-corrected chi connectivity index (χ3v) is 4.08. The molecule has 0 radical (unpaired) electrons. The quantitative estimate of drug-likeness (QED) is 0.673. The number of hydrogen-bond donors (Lipinski definition) is 1. The van der Waals surface area contributed by atoms with E-state index in [1.807, 2.05) is 18.9 Å². The molecule has 0 aromatic carbocycles. The highest BCUT2D eigenvalue weighted by molar-refractivity contribution is 5.61. The van der Waals surface area contributed by atoms with Crippen molar-refractivity contribution in [3.05, 3.63) is 15.8 Å². The number of nitro groups is 1. The molecule has 2 atom stereocenters. The molecule has 0 saturated heterocycles. The third kappa shape index (κ3) is 2.49. The molecule has 2 unspecified atom stereocenters. The summed E-state index contributed by atoms with van der Waals surface area (Å²) in [6.45, 7) is 4.13. The van der Waals surface area contributed by atoms with Crippen LogP contribution in [-0.4, -0.2) is 39.0 Å². The summed E-state index contributed by atoms with van der Waals surface area (Å²) in [5.74, 6) is 0.501. The first-order valence-electron chi connectivity index (χ1n) is 7.10. The maximum Gasteiger partial charge on any atom is 0.333 e. The number of aryl methyl sites for hydroxylation is 2. The molecule has 1 aromatic rings. The van der Waals surface area contributed by atoms with Crippen molar-refractivity contribution in [2.75, 3.05) is 11.9 Å². The summed E-state index contributed by atoms with van der Waals surface area (Å²) >= 11 is 0. The third-order valence-electron chi connectivity index (χ3n) is 4.08. The van der Waals surface area contributed by atoms with E-state index in [1.54, 1.807) is 11.6 Å². The van der Waals surface area contributed by atoms with Gasteiger partial charge in [-0.15, -0.1) is 0 Å². The van der Waals surface area contributed by atoms with Gasteiger partial charge in [-0.3, -0.25) is 10.1 Å². The lowest BCUT2D eigenvalue weighted by molar-refractivity contribution is -0.384. The fourth-order valence-corrected chi connectivity index (χ4v) is 3.04. The minimum absolute atomic E-state index is 0.0483. The van der Waals surface area contributed by atoms with Crippen molar-refractivity contribution in [1.82, 2.24) is 9.78 Å². The van der Waals surface area contributed by atoms with Crippen LogP contribution in [0.25, 0.3) is 0 Å². The zero-order valence-electron chi connectivity index (χ0n) is 12.2. The first kappa shape index (κ1) is 14.8. The van der Waals surface area contributed by atoms with Gasteiger partial charge in [0, 0.05) is 13.6 Å². The summed E-state index contributed by atoms with van der Waals surface area (Å²) in [6.07, 6.45) is 3.22. The Kier molecular flexibility index (Phi) is 4.27. The Morgan fingerprint density at radius 2 is 2.15 bits per heavy atom. The number of aliphatic hydroxyl groups is 1. The maximum absolute atomic E-state index is 11.3. The second kappa shape index (κ2) is 5.78. The highest BCUT2D eigenvalue weighted by atomic mass is 16.6. The zero-order chi connectivity index (χ0) is 14.9. The van der Waals surface area contributed by atoms with Crippen LogP contribution in [0.5, 0.6) is 0 Å². The van der Waals surface area contributed by atoms with Crippen molar-refractivity contribution >= 4 is 11.5 Å². The number of aliphatic hydroxyl groups excluding tert-OH is 1. The lowest BCUT2D eigenvalue weighted by Crippen LogP contribution is -2.44. The van der Waals surface area contributed by atoms with E-state index in [9.17, 15) is 15.2 Å². The van der Waals surface area contributed by atoms with Crippen LogP contribution in [0.15, 0.2) is 0 Å². The predicted molar refractivity (Wildman–Crippen MR) is 76.0 cm³/mol. The van der Waals surface area contributed by atoms with Gasteiger partial charge >= 0.3 is 5.69 Å². The molecule has 1 aliphatic rings. The number of anilines is 1. The lowest BCUT2D eigenvalue weighted by atomic mass is 9.91. The molecule has 0 amide bonds. The average Bonchev–Trinajstić information content (AvgIpc) is 2.75. The van der Waals surface area contributed by atoms with Crippen molar-refractivity contribution in [3.8, 4) is 0 Å². The molecule has 7 heteroatoms. The highest BCUT2D eigenvalue weighted by Gasteiger charge is 2.34. The van der Waals surface area contributed by atoms with Crippen LogP contribution < -0.4 is 4.90 Å². The summed E-state index contributed by atoms with van der Waals surface area (Å²) in [6, 6.07) is -0.0798. The molecule has 1 heterocycles. The second-order valence-electron chi connectivity index (χ2n) is 5.36. The van der Waals surface area contributed by atoms with Crippen molar-refractivity contribution in [1.29, 1.82) is 0 Å². The standard InChI is InChI=1S/C13H22N4O3/c1-4-16-13(12(17(19)20)9(2)14-16)15(3)10-7-5-6-8-11(10)18/h10-11,18H,4-8H2,1-3H3. The summed E-state index contributed by atoms with van der Waals surface area (Å²) in [5.41, 5.74) is 0.469. The van der Waals surface area contributed by atoms with Crippen LogP contribution in [0.2, 0.25) is 0 Å². The minimum Gasteiger partial charge on any atom is -0.391 e. The van der Waals surface area contributed by atoms with Gasteiger partial charge in [-0.1, -0.05) is 12.8 Å². The van der Waals surface area contributed by atoms with E-state index in [-0.39, 0.29) is 16.7 Å². The van der Waals surface area contributed by atoms with Crippen LogP contribution >= 0.6 is 0 Å². The van der Waals surface area contributed by atoms with E-state index >= 15 is 0 Å². The number of aromatic nitrogens is 2. The highest BCUT2D eigenvalue weighted by Crippen LogP contribution is 2.35. The first-order chi connectivity index (χ1) is 9.47. The molecular weight excluding hydrogens is 260 g/mol. The Labute approximate surface area is 118 Å².